The number of primary amides is 1. The summed E-state index contributed by atoms with van der Waals surface area (Å²) in [5.74, 6) is -3.01. The number of halogens is 2. The molecule has 8 nitrogen and oxygen atoms in total. The van der Waals surface area contributed by atoms with Crippen LogP contribution in [0.2, 0.25) is 0 Å². The minimum atomic E-state index is -1.28. The highest BCUT2D eigenvalue weighted by atomic mass is 79.9. The maximum absolute atomic E-state index is 14.4. The number of aromatic carboxylic acids is 1. The predicted octanol–water partition coefficient (Wildman–Crippen LogP) is 2.88. The summed E-state index contributed by atoms with van der Waals surface area (Å²) < 4.78 is 21.7. The summed E-state index contributed by atoms with van der Waals surface area (Å²) in [6, 6.07) is 4.27. The normalized spacial score (nSPS) is 16.2. The minimum Gasteiger partial charge on any atom is -0.478 e. The lowest BCUT2D eigenvalue weighted by molar-refractivity contribution is -0.120. The van der Waals surface area contributed by atoms with Crippen LogP contribution in [0.4, 0.5) is 15.8 Å². The van der Waals surface area contributed by atoms with Crippen molar-refractivity contribution in [2.24, 2.45) is 5.73 Å². The van der Waals surface area contributed by atoms with E-state index in [0.29, 0.717) is 10.9 Å². The molecule has 10 heteroatoms. The number of nitrogens with one attached hydrogen (secondary N) is 1. The lowest BCUT2D eigenvalue weighted by Gasteiger charge is -2.24. The van der Waals surface area contributed by atoms with Crippen molar-refractivity contribution in [2.45, 2.75) is 38.3 Å². The molecular formula is C20H21BrFN3O5. The molecule has 2 heterocycles. The van der Waals surface area contributed by atoms with Crippen molar-refractivity contribution in [3.63, 3.8) is 0 Å². The molecule has 2 unspecified atom stereocenters. The number of anilines is 2. The van der Waals surface area contributed by atoms with Gasteiger partial charge in [-0.3, -0.25) is 9.59 Å². The largest absolute Gasteiger partial charge is 0.478 e. The summed E-state index contributed by atoms with van der Waals surface area (Å²) in [5, 5.41) is 12.8. The van der Waals surface area contributed by atoms with Gasteiger partial charge < -0.3 is 25.5 Å². The zero-order valence-corrected chi connectivity index (χ0v) is 18.0. The van der Waals surface area contributed by atoms with Crippen molar-refractivity contribution in [3.8, 4) is 0 Å². The number of benzene rings is 1. The summed E-state index contributed by atoms with van der Waals surface area (Å²) in [6.45, 7) is 1.77. The summed E-state index contributed by atoms with van der Waals surface area (Å²) in [4.78, 5) is 36.7. The summed E-state index contributed by atoms with van der Waals surface area (Å²) >= 11 is 3.17. The van der Waals surface area contributed by atoms with Crippen LogP contribution in [0, 0.1) is 12.7 Å². The molecule has 1 amide bonds. The molecule has 30 heavy (non-hydrogen) atoms. The number of carbonyl (C=O) groups is 2. The molecular weight excluding hydrogens is 461 g/mol. The fourth-order valence-electron chi connectivity index (χ4n) is 3.93. The number of methoxy groups -OCH3 is 1. The molecule has 1 aliphatic rings. The molecule has 2 aromatic rings. The Kier molecular flexibility index (Phi) is 6.27. The van der Waals surface area contributed by atoms with Crippen molar-refractivity contribution in [3.05, 3.63) is 55.7 Å². The maximum Gasteiger partial charge on any atom is 0.339 e. The van der Waals surface area contributed by atoms with Gasteiger partial charge in [-0.1, -0.05) is 15.9 Å². The van der Waals surface area contributed by atoms with Crippen LogP contribution in [0.15, 0.2) is 27.5 Å². The van der Waals surface area contributed by atoms with E-state index in [2.05, 4.69) is 21.2 Å². The van der Waals surface area contributed by atoms with Gasteiger partial charge in [0, 0.05) is 35.3 Å². The van der Waals surface area contributed by atoms with E-state index in [4.69, 9.17) is 10.5 Å². The molecule has 0 bridgehead atoms. The predicted molar refractivity (Wildman–Crippen MR) is 112 cm³/mol. The number of aromatic nitrogens is 1. The van der Waals surface area contributed by atoms with Gasteiger partial charge in [-0.05, 0) is 31.5 Å². The molecule has 0 saturated heterocycles. The number of fused-ring (bicyclic) bond motifs is 1. The Morgan fingerprint density at radius 1 is 1.47 bits per heavy atom. The Morgan fingerprint density at radius 3 is 2.73 bits per heavy atom. The number of hydrogen-bond acceptors (Lipinski definition) is 5. The van der Waals surface area contributed by atoms with Crippen molar-refractivity contribution < 1.29 is 23.8 Å². The summed E-state index contributed by atoms with van der Waals surface area (Å²) in [5.41, 5.74) is 5.22. The molecule has 0 radical (unpaired) electrons. The van der Waals surface area contributed by atoms with E-state index in [1.807, 2.05) is 0 Å². The van der Waals surface area contributed by atoms with Gasteiger partial charge in [0.25, 0.3) is 5.56 Å². The van der Waals surface area contributed by atoms with Gasteiger partial charge in [-0.2, -0.15) is 0 Å². The van der Waals surface area contributed by atoms with Gasteiger partial charge in [-0.25, -0.2) is 9.18 Å². The topological polar surface area (TPSA) is 124 Å². The Morgan fingerprint density at radius 2 is 2.17 bits per heavy atom. The fourth-order valence-corrected chi connectivity index (χ4v) is 4.26. The lowest BCUT2D eigenvalue weighted by atomic mass is 9.90. The Labute approximate surface area is 180 Å². The van der Waals surface area contributed by atoms with Crippen LogP contribution in [0.1, 0.15) is 40.4 Å². The first-order valence-electron chi connectivity index (χ1n) is 9.19. The molecule has 2 atom stereocenters. The first kappa shape index (κ1) is 22.0. The van der Waals surface area contributed by atoms with E-state index in [-0.39, 0.29) is 46.7 Å². The number of ether oxygens (including phenoxy) is 1. The van der Waals surface area contributed by atoms with E-state index < -0.39 is 29.7 Å². The zero-order chi connectivity index (χ0) is 22.2. The number of nitrogens with zero attached hydrogens (tertiary/aromatic N) is 1. The number of rotatable bonds is 7. The van der Waals surface area contributed by atoms with E-state index in [1.165, 1.54) is 30.7 Å². The van der Waals surface area contributed by atoms with Gasteiger partial charge in [-0.15, -0.1) is 0 Å². The van der Waals surface area contributed by atoms with Crippen LogP contribution in [-0.2, 0) is 16.1 Å². The number of nitrogens with two attached hydrogens (primary N) is 1. The number of carboxylic acid groups (broad SMARTS) is 1. The third kappa shape index (κ3) is 3.97. The molecule has 0 saturated carbocycles. The number of carboxylic acids is 1. The van der Waals surface area contributed by atoms with E-state index >= 15 is 0 Å². The average Bonchev–Trinajstić information content (AvgIpc) is 3.10. The second kappa shape index (κ2) is 8.57. The number of amides is 1. The number of pyridine rings is 1. The molecule has 1 aliphatic heterocycles. The monoisotopic (exact) mass is 481 g/mol. The maximum atomic E-state index is 14.4. The summed E-state index contributed by atoms with van der Waals surface area (Å²) in [6.07, 6.45) is -0.391. The average molecular weight is 482 g/mol. The van der Waals surface area contributed by atoms with Gasteiger partial charge in [0.15, 0.2) is 0 Å². The van der Waals surface area contributed by atoms with Crippen LogP contribution in [0.5, 0.6) is 0 Å². The standard InChI is InChI=1S/C20H21BrFN3O5/c1-9-17(24-13-4-3-10(21)7-12(13)22)16(20(28)29)18-11(5-6-25(18)19(9)27)14(30-2)8-15(23)26/h3-4,7,11,14,24H,5-6,8H2,1-2H3,(H2,23,26)(H,28,29). The third-order valence-corrected chi connectivity index (χ3v) is 5.80. The van der Waals surface area contributed by atoms with Gasteiger partial charge in [0.05, 0.1) is 23.9 Å². The Bertz CT molecular complexity index is 1090. The van der Waals surface area contributed by atoms with Gasteiger partial charge in [0.2, 0.25) is 5.91 Å². The van der Waals surface area contributed by atoms with E-state index in [9.17, 15) is 23.9 Å². The van der Waals surface area contributed by atoms with Crippen molar-refractivity contribution in [2.75, 3.05) is 12.4 Å². The number of hydrogen-bond donors (Lipinski definition) is 3. The summed E-state index contributed by atoms with van der Waals surface area (Å²) in [7, 11) is 1.40. The van der Waals surface area contributed by atoms with Crippen LogP contribution in [0.3, 0.4) is 0 Å². The molecule has 1 aromatic heterocycles. The molecule has 0 spiro atoms. The van der Waals surface area contributed by atoms with Crippen LogP contribution >= 0.6 is 15.9 Å². The Hall–Kier alpha value is -2.72. The highest BCUT2D eigenvalue weighted by Crippen LogP contribution is 2.39. The molecule has 0 aliphatic carbocycles. The molecule has 0 fully saturated rings. The SMILES string of the molecule is COC(CC(N)=O)C1CCn2c1c(C(=O)O)c(Nc1ccc(Br)cc1F)c(C)c2=O. The third-order valence-electron chi connectivity index (χ3n) is 5.31. The van der Waals surface area contributed by atoms with E-state index in [1.54, 1.807) is 6.07 Å². The van der Waals surface area contributed by atoms with Crippen LogP contribution < -0.4 is 16.6 Å². The molecule has 160 valence electrons. The zero-order valence-electron chi connectivity index (χ0n) is 16.4. The molecule has 3 rings (SSSR count). The lowest BCUT2D eigenvalue weighted by Crippen LogP contribution is -2.31. The highest BCUT2D eigenvalue weighted by Gasteiger charge is 2.38. The highest BCUT2D eigenvalue weighted by molar-refractivity contribution is 9.10. The van der Waals surface area contributed by atoms with Gasteiger partial charge >= 0.3 is 5.97 Å². The van der Waals surface area contributed by atoms with Crippen molar-refractivity contribution >= 4 is 39.2 Å². The van der Waals surface area contributed by atoms with Crippen LogP contribution in [0.25, 0.3) is 0 Å². The second-order valence-electron chi connectivity index (χ2n) is 7.11. The van der Waals surface area contributed by atoms with Crippen LogP contribution in [-0.4, -0.2) is 34.8 Å². The van der Waals surface area contributed by atoms with Gasteiger partial charge in [0.1, 0.15) is 11.4 Å². The molecule has 4 N–H and O–H groups in total. The van der Waals surface area contributed by atoms with E-state index in [0.717, 1.165) is 0 Å². The van der Waals surface area contributed by atoms with Crippen molar-refractivity contribution in [1.29, 1.82) is 0 Å². The minimum absolute atomic E-state index is 0.0146. The first-order valence-corrected chi connectivity index (χ1v) is 9.98. The smallest absolute Gasteiger partial charge is 0.339 e. The number of carbonyl (C=O) groups excluding carboxylic acids is 1. The second-order valence-corrected chi connectivity index (χ2v) is 8.03. The fraction of sp³-hybridized carbons (Fsp3) is 0.350. The quantitative estimate of drug-likeness (QED) is 0.558. The van der Waals surface area contributed by atoms with Crippen molar-refractivity contribution in [1.82, 2.24) is 4.57 Å². The first-order chi connectivity index (χ1) is 14.1. The Balaban J connectivity index is 2.21. The molecule has 1 aromatic carbocycles.